The summed E-state index contributed by atoms with van der Waals surface area (Å²) in [6.45, 7) is 5.43. The Morgan fingerprint density at radius 3 is 2.83 bits per heavy atom. The molecule has 1 saturated heterocycles. The Balaban J connectivity index is 1.88. The Bertz CT molecular complexity index is 434. The van der Waals surface area contributed by atoms with E-state index in [0.717, 1.165) is 38.3 Å². The summed E-state index contributed by atoms with van der Waals surface area (Å²) in [5.41, 5.74) is 0.978. The van der Waals surface area contributed by atoms with Gasteiger partial charge in [-0.25, -0.2) is 4.79 Å². The molecule has 1 N–H and O–H groups in total. The lowest BCUT2D eigenvalue weighted by Crippen LogP contribution is -2.43. The molecule has 1 aliphatic heterocycles. The van der Waals surface area contributed by atoms with Crippen molar-refractivity contribution in [3.63, 3.8) is 0 Å². The maximum absolute atomic E-state index is 10.4. The molecule has 0 bridgehead atoms. The van der Waals surface area contributed by atoms with Crippen LogP contribution in [-0.2, 0) is 11.3 Å². The van der Waals surface area contributed by atoms with Gasteiger partial charge in [0.05, 0.1) is 0 Å². The first-order valence-electron chi connectivity index (χ1n) is 6.03. The van der Waals surface area contributed by atoms with Gasteiger partial charge in [0, 0.05) is 43.7 Å². The van der Waals surface area contributed by atoms with Crippen LogP contribution in [0.4, 0.5) is 0 Å². The van der Waals surface area contributed by atoms with Crippen LogP contribution in [0.3, 0.4) is 0 Å². The number of carbonyl (C=O) groups is 1. The van der Waals surface area contributed by atoms with Crippen molar-refractivity contribution in [3.05, 3.63) is 28.0 Å². The Labute approximate surface area is 111 Å². The number of thiophene rings is 1. The Kier molecular flexibility index (Phi) is 4.52. The van der Waals surface area contributed by atoms with Gasteiger partial charge < -0.3 is 10.0 Å². The third-order valence-electron chi connectivity index (χ3n) is 3.07. The van der Waals surface area contributed by atoms with E-state index >= 15 is 0 Å². The van der Waals surface area contributed by atoms with Gasteiger partial charge in [-0.2, -0.15) is 0 Å². The lowest BCUT2D eigenvalue weighted by Gasteiger charge is -2.31. The number of rotatable bonds is 4. The van der Waals surface area contributed by atoms with Gasteiger partial charge >= 0.3 is 5.97 Å². The smallest absolute Gasteiger partial charge is 0.328 e. The normalized spacial score (nSPS) is 18.5. The van der Waals surface area contributed by atoms with Crippen molar-refractivity contribution < 1.29 is 9.90 Å². The molecular formula is C13H18N2O2S. The molecule has 98 valence electrons. The van der Waals surface area contributed by atoms with Gasteiger partial charge in [0.2, 0.25) is 0 Å². The van der Waals surface area contributed by atoms with Crippen molar-refractivity contribution in [1.82, 2.24) is 9.80 Å². The minimum absolute atomic E-state index is 0.901. The minimum Gasteiger partial charge on any atom is -0.478 e. The molecule has 1 fully saturated rings. The molecule has 0 aromatic carbocycles. The van der Waals surface area contributed by atoms with Gasteiger partial charge in [-0.3, -0.25) is 4.90 Å². The van der Waals surface area contributed by atoms with Crippen LogP contribution < -0.4 is 0 Å². The fraction of sp³-hybridized carbons (Fsp3) is 0.462. The van der Waals surface area contributed by atoms with Gasteiger partial charge in [0.1, 0.15) is 0 Å². The number of likely N-dealkylation sites (N-methyl/N-ethyl adjacent to an activating group) is 1. The molecule has 1 aromatic rings. The summed E-state index contributed by atoms with van der Waals surface area (Å²) in [5, 5.41) is 10.6. The molecular weight excluding hydrogens is 248 g/mol. The molecule has 2 heterocycles. The summed E-state index contributed by atoms with van der Waals surface area (Å²) in [6.07, 6.45) is 2.83. The Hall–Kier alpha value is -1.17. The second-order valence-electron chi connectivity index (χ2n) is 4.60. The SMILES string of the molecule is CN1CCN(Cc2cc(C=CC(=O)O)cs2)CC1. The maximum atomic E-state index is 10.4. The average molecular weight is 266 g/mol. The van der Waals surface area contributed by atoms with E-state index < -0.39 is 5.97 Å². The number of nitrogens with zero attached hydrogens (tertiary/aromatic N) is 2. The molecule has 1 aliphatic rings. The Morgan fingerprint density at radius 2 is 2.17 bits per heavy atom. The Morgan fingerprint density at radius 1 is 1.44 bits per heavy atom. The van der Waals surface area contributed by atoms with E-state index in [2.05, 4.69) is 22.9 Å². The van der Waals surface area contributed by atoms with Crippen molar-refractivity contribution >= 4 is 23.4 Å². The fourth-order valence-corrected chi connectivity index (χ4v) is 2.86. The summed E-state index contributed by atoms with van der Waals surface area (Å²) in [7, 11) is 2.15. The third kappa shape index (κ3) is 3.94. The molecule has 4 nitrogen and oxygen atoms in total. The fourth-order valence-electron chi connectivity index (χ4n) is 1.96. The van der Waals surface area contributed by atoms with Crippen molar-refractivity contribution in [3.8, 4) is 0 Å². The number of aliphatic carboxylic acids is 1. The highest BCUT2D eigenvalue weighted by atomic mass is 32.1. The molecule has 2 rings (SSSR count). The molecule has 18 heavy (non-hydrogen) atoms. The van der Waals surface area contributed by atoms with E-state index in [9.17, 15) is 4.79 Å². The van der Waals surface area contributed by atoms with Crippen LogP contribution in [-0.4, -0.2) is 54.1 Å². The summed E-state index contributed by atoms with van der Waals surface area (Å²) < 4.78 is 0. The number of carboxylic acid groups (broad SMARTS) is 1. The second kappa shape index (κ2) is 6.13. The summed E-state index contributed by atoms with van der Waals surface area (Å²) in [4.78, 5) is 16.5. The van der Waals surface area contributed by atoms with Crippen molar-refractivity contribution in [1.29, 1.82) is 0 Å². The number of carboxylic acids is 1. The van der Waals surface area contributed by atoms with Crippen LogP contribution in [0.15, 0.2) is 17.5 Å². The van der Waals surface area contributed by atoms with Gasteiger partial charge in [0.25, 0.3) is 0 Å². The molecule has 0 saturated carbocycles. The van der Waals surface area contributed by atoms with Crippen LogP contribution in [0.25, 0.3) is 6.08 Å². The van der Waals surface area contributed by atoms with E-state index in [1.165, 1.54) is 11.0 Å². The van der Waals surface area contributed by atoms with Gasteiger partial charge in [-0.1, -0.05) is 0 Å². The maximum Gasteiger partial charge on any atom is 0.328 e. The zero-order chi connectivity index (χ0) is 13.0. The summed E-state index contributed by atoms with van der Waals surface area (Å²) >= 11 is 1.70. The lowest BCUT2D eigenvalue weighted by atomic mass is 10.2. The van der Waals surface area contributed by atoms with Crippen LogP contribution in [0.1, 0.15) is 10.4 Å². The van der Waals surface area contributed by atoms with E-state index in [4.69, 9.17) is 5.11 Å². The van der Waals surface area contributed by atoms with Crippen LogP contribution in [0, 0.1) is 0 Å². The van der Waals surface area contributed by atoms with E-state index in [-0.39, 0.29) is 0 Å². The molecule has 1 aromatic heterocycles. The molecule has 0 radical (unpaired) electrons. The van der Waals surface area contributed by atoms with Crippen molar-refractivity contribution in [2.45, 2.75) is 6.54 Å². The predicted octanol–water partition coefficient (Wildman–Crippen LogP) is 1.59. The highest BCUT2D eigenvalue weighted by Gasteiger charge is 2.14. The van der Waals surface area contributed by atoms with E-state index in [0.29, 0.717) is 0 Å². The largest absolute Gasteiger partial charge is 0.478 e. The molecule has 0 unspecified atom stereocenters. The predicted molar refractivity (Wildman–Crippen MR) is 73.8 cm³/mol. The van der Waals surface area contributed by atoms with Crippen molar-refractivity contribution in [2.75, 3.05) is 33.2 Å². The minimum atomic E-state index is -0.901. The molecule has 0 spiro atoms. The first-order chi connectivity index (χ1) is 8.63. The summed E-state index contributed by atoms with van der Waals surface area (Å²) in [6, 6.07) is 2.07. The zero-order valence-corrected chi connectivity index (χ0v) is 11.3. The molecule has 0 amide bonds. The number of piperazine rings is 1. The van der Waals surface area contributed by atoms with Crippen LogP contribution in [0.5, 0.6) is 0 Å². The second-order valence-corrected chi connectivity index (χ2v) is 5.59. The van der Waals surface area contributed by atoms with E-state index in [1.807, 2.05) is 5.38 Å². The highest BCUT2D eigenvalue weighted by Crippen LogP contribution is 2.18. The topological polar surface area (TPSA) is 43.8 Å². The van der Waals surface area contributed by atoms with Crippen LogP contribution >= 0.6 is 11.3 Å². The van der Waals surface area contributed by atoms with Crippen LogP contribution in [0.2, 0.25) is 0 Å². The summed E-state index contributed by atoms with van der Waals surface area (Å²) in [5.74, 6) is -0.901. The molecule has 5 heteroatoms. The van der Waals surface area contributed by atoms with E-state index in [1.54, 1.807) is 17.4 Å². The highest BCUT2D eigenvalue weighted by molar-refractivity contribution is 7.10. The van der Waals surface area contributed by atoms with Crippen molar-refractivity contribution in [2.24, 2.45) is 0 Å². The van der Waals surface area contributed by atoms with Gasteiger partial charge in [-0.05, 0) is 30.1 Å². The number of hydrogen-bond donors (Lipinski definition) is 1. The first-order valence-corrected chi connectivity index (χ1v) is 6.91. The standard InChI is InChI=1S/C13H18N2O2S/c1-14-4-6-15(7-5-14)9-12-8-11(10-18-12)2-3-13(16)17/h2-3,8,10H,4-7,9H2,1H3,(H,16,17). The van der Waals surface area contributed by atoms with Gasteiger partial charge in [-0.15, -0.1) is 11.3 Å². The molecule has 0 aliphatic carbocycles. The third-order valence-corrected chi connectivity index (χ3v) is 4.01. The monoisotopic (exact) mass is 266 g/mol. The zero-order valence-electron chi connectivity index (χ0n) is 10.5. The molecule has 0 atom stereocenters. The lowest BCUT2D eigenvalue weighted by molar-refractivity contribution is -0.131. The average Bonchev–Trinajstić information content (AvgIpc) is 2.77. The number of hydrogen-bond acceptors (Lipinski definition) is 4. The van der Waals surface area contributed by atoms with Gasteiger partial charge in [0.15, 0.2) is 0 Å². The first kappa shape index (κ1) is 13.3. The quantitative estimate of drug-likeness (QED) is 0.841.